The number of carbonyl (C=O) groups is 2. The number of aryl methyl sites for hydroxylation is 1. The van der Waals surface area contributed by atoms with Crippen LogP contribution in [0.25, 0.3) is 0 Å². The average molecular weight is 261 g/mol. The molecule has 1 unspecified atom stereocenters. The molecule has 0 bridgehead atoms. The third-order valence-corrected chi connectivity index (χ3v) is 3.73. The Morgan fingerprint density at radius 2 is 2.16 bits per heavy atom. The molecule has 0 radical (unpaired) electrons. The molecule has 0 spiro atoms. The van der Waals surface area contributed by atoms with E-state index in [2.05, 4.69) is 0 Å². The zero-order valence-electron chi connectivity index (χ0n) is 10.9. The molecule has 1 aliphatic rings. The van der Waals surface area contributed by atoms with Crippen molar-refractivity contribution in [3.05, 3.63) is 29.3 Å². The number of rotatable bonds is 5. The third kappa shape index (κ3) is 3.34. The van der Waals surface area contributed by atoms with Gasteiger partial charge in [-0.05, 0) is 43.4 Å². The van der Waals surface area contributed by atoms with Gasteiger partial charge in [-0.1, -0.05) is 12.5 Å². The van der Waals surface area contributed by atoms with Crippen molar-refractivity contribution in [1.29, 1.82) is 0 Å². The predicted molar refractivity (Wildman–Crippen MR) is 73.1 cm³/mol. The van der Waals surface area contributed by atoms with Crippen molar-refractivity contribution >= 4 is 17.4 Å². The fourth-order valence-corrected chi connectivity index (χ4v) is 2.66. The molecule has 0 aromatic heterocycles. The molecule has 0 heterocycles. The molecule has 0 amide bonds. The lowest BCUT2D eigenvalue weighted by atomic mass is 9.80. The van der Waals surface area contributed by atoms with E-state index in [-0.39, 0.29) is 18.1 Å². The van der Waals surface area contributed by atoms with E-state index < -0.39 is 5.97 Å². The van der Waals surface area contributed by atoms with E-state index in [1.54, 1.807) is 6.07 Å². The second kappa shape index (κ2) is 5.87. The fraction of sp³-hybridized carbons (Fsp3) is 0.467. The first-order chi connectivity index (χ1) is 9.08. The summed E-state index contributed by atoms with van der Waals surface area (Å²) in [6, 6.07) is 5.53. The monoisotopic (exact) mass is 261 g/mol. The van der Waals surface area contributed by atoms with Crippen molar-refractivity contribution in [2.45, 2.75) is 38.5 Å². The van der Waals surface area contributed by atoms with Gasteiger partial charge in [0.15, 0.2) is 5.78 Å². The molecule has 0 fully saturated rings. The van der Waals surface area contributed by atoms with Gasteiger partial charge in [0.1, 0.15) is 0 Å². The van der Waals surface area contributed by atoms with E-state index in [4.69, 9.17) is 10.8 Å². The summed E-state index contributed by atoms with van der Waals surface area (Å²) in [5.41, 5.74) is 8.19. The number of carbonyl (C=O) groups excluding carboxylic acids is 1. The van der Waals surface area contributed by atoms with Crippen LogP contribution in [0.15, 0.2) is 18.2 Å². The number of hydrogen-bond acceptors (Lipinski definition) is 3. The lowest BCUT2D eigenvalue weighted by molar-refractivity contribution is -0.137. The zero-order valence-corrected chi connectivity index (χ0v) is 10.9. The molecular formula is C15H19NO3. The van der Waals surface area contributed by atoms with E-state index in [9.17, 15) is 9.59 Å². The molecule has 1 aliphatic carbocycles. The van der Waals surface area contributed by atoms with Crippen molar-refractivity contribution in [3.8, 4) is 0 Å². The number of unbranched alkanes of at least 4 members (excludes halogenated alkanes) is 1. The molecule has 102 valence electrons. The van der Waals surface area contributed by atoms with Gasteiger partial charge in [0.2, 0.25) is 0 Å². The molecule has 1 aromatic carbocycles. The number of aliphatic carboxylic acids is 1. The average Bonchev–Trinajstić information content (AvgIpc) is 2.37. The van der Waals surface area contributed by atoms with Gasteiger partial charge in [0.05, 0.1) is 0 Å². The van der Waals surface area contributed by atoms with Crippen molar-refractivity contribution in [1.82, 2.24) is 0 Å². The van der Waals surface area contributed by atoms with Crippen LogP contribution in [-0.2, 0) is 11.2 Å². The highest BCUT2D eigenvalue weighted by molar-refractivity contribution is 6.00. The second-order valence-corrected chi connectivity index (χ2v) is 5.16. The molecule has 0 aliphatic heterocycles. The van der Waals surface area contributed by atoms with Gasteiger partial charge in [-0.25, -0.2) is 0 Å². The highest BCUT2D eigenvalue weighted by atomic mass is 16.4. The Labute approximate surface area is 112 Å². The minimum Gasteiger partial charge on any atom is -0.481 e. The number of ketones is 1. The van der Waals surface area contributed by atoms with Gasteiger partial charge in [0, 0.05) is 23.6 Å². The summed E-state index contributed by atoms with van der Waals surface area (Å²) in [5, 5.41) is 8.58. The number of carboxylic acid groups (broad SMARTS) is 1. The number of fused-ring (bicyclic) bond motifs is 1. The van der Waals surface area contributed by atoms with Gasteiger partial charge < -0.3 is 10.8 Å². The first kappa shape index (κ1) is 13.6. The maximum absolute atomic E-state index is 12.3. The number of Topliss-reactive ketones (excluding diaryl/α,β-unsaturated/α-hetero) is 1. The second-order valence-electron chi connectivity index (χ2n) is 5.16. The molecule has 3 N–H and O–H groups in total. The summed E-state index contributed by atoms with van der Waals surface area (Å²) in [7, 11) is 0. The fourth-order valence-electron chi connectivity index (χ4n) is 2.66. The Hall–Kier alpha value is -1.84. The van der Waals surface area contributed by atoms with Crippen molar-refractivity contribution < 1.29 is 14.7 Å². The first-order valence-corrected chi connectivity index (χ1v) is 6.72. The smallest absolute Gasteiger partial charge is 0.303 e. The number of nitrogen functional groups attached to an aromatic ring is 1. The summed E-state index contributed by atoms with van der Waals surface area (Å²) in [4.78, 5) is 22.8. The number of hydrogen-bond donors (Lipinski definition) is 2. The van der Waals surface area contributed by atoms with E-state index in [0.717, 1.165) is 36.8 Å². The Morgan fingerprint density at radius 3 is 2.89 bits per heavy atom. The molecule has 1 atom stereocenters. The largest absolute Gasteiger partial charge is 0.481 e. The van der Waals surface area contributed by atoms with E-state index >= 15 is 0 Å². The van der Waals surface area contributed by atoms with Crippen LogP contribution >= 0.6 is 0 Å². The number of benzene rings is 1. The summed E-state index contributed by atoms with van der Waals surface area (Å²) in [6.45, 7) is 0. The minimum atomic E-state index is -0.770. The normalized spacial score (nSPS) is 18.1. The van der Waals surface area contributed by atoms with Gasteiger partial charge in [-0.3, -0.25) is 9.59 Å². The van der Waals surface area contributed by atoms with Crippen LogP contribution in [0.3, 0.4) is 0 Å². The van der Waals surface area contributed by atoms with Crippen LogP contribution < -0.4 is 5.73 Å². The molecule has 4 nitrogen and oxygen atoms in total. The summed E-state index contributed by atoms with van der Waals surface area (Å²) < 4.78 is 0. The molecule has 4 heteroatoms. The van der Waals surface area contributed by atoms with E-state index in [0.29, 0.717) is 12.1 Å². The molecule has 0 saturated carbocycles. The van der Waals surface area contributed by atoms with Crippen LogP contribution in [0.1, 0.15) is 48.0 Å². The molecule has 0 saturated heterocycles. The molecular weight excluding hydrogens is 242 g/mol. The maximum Gasteiger partial charge on any atom is 0.303 e. The van der Waals surface area contributed by atoms with Crippen LogP contribution in [-0.4, -0.2) is 16.9 Å². The quantitative estimate of drug-likeness (QED) is 0.630. The van der Waals surface area contributed by atoms with Crippen molar-refractivity contribution in [3.63, 3.8) is 0 Å². The Balaban J connectivity index is 1.95. The maximum atomic E-state index is 12.3. The van der Waals surface area contributed by atoms with Gasteiger partial charge in [-0.2, -0.15) is 0 Å². The van der Waals surface area contributed by atoms with Gasteiger partial charge in [-0.15, -0.1) is 0 Å². The van der Waals surface area contributed by atoms with Crippen LogP contribution in [0.2, 0.25) is 0 Å². The number of carboxylic acids is 1. The predicted octanol–water partition coefficient (Wildman–Crippen LogP) is 2.66. The van der Waals surface area contributed by atoms with E-state index in [1.165, 1.54) is 0 Å². The highest BCUT2D eigenvalue weighted by Crippen LogP contribution is 2.30. The molecule has 2 rings (SSSR count). The van der Waals surface area contributed by atoms with Crippen LogP contribution in [0.5, 0.6) is 0 Å². The lowest BCUT2D eigenvalue weighted by Gasteiger charge is -2.23. The van der Waals surface area contributed by atoms with E-state index in [1.807, 2.05) is 12.1 Å². The molecule has 1 aromatic rings. The Bertz CT molecular complexity index is 496. The van der Waals surface area contributed by atoms with Gasteiger partial charge >= 0.3 is 5.97 Å². The first-order valence-electron chi connectivity index (χ1n) is 6.72. The topological polar surface area (TPSA) is 80.4 Å². The third-order valence-electron chi connectivity index (χ3n) is 3.73. The SMILES string of the molecule is Nc1ccc2c(c1)C(=O)C(CCCCC(=O)O)CC2. The van der Waals surface area contributed by atoms with Crippen molar-refractivity contribution in [2.24, 2.45) is 5.92 Å². The van der Waals surface area contributed by atoms with Crippen LogP contribution in [0.4, 0.5) is 5.69 Å². The summed E-state index contributed by atoms with van der Waals surface area (Å²) in [5.74, 6) is -0.569. The zero-order chi connectivity index (χ0) is 13.8. The standard InChI is InChI=1S/C15H19NO3/c16-12-8-7-10-5-6-11(15(19)13(10)9-12)3-1-2-4-14(17)18/h7-9,11H,1-6,16H2,(H,17,18). The van der Waals surface area contributed by atoms with Crippen LogP contribution in [0, 0.1) is 5.92 Å². The van der Waals surface area contributed by atoms with Crippen molar-refractivity contribution in [2.75, 3.05) is 5.73 Å². The summed E-state index contributed by atoms with van der Waals surface area (Å²) in [6.07, 6.45) is 4.17. The number of nitrogens with two attached hydrogens (primary N) is 1. The minimum absolute atomic E-state index is 0.0306. The number of anilines is 1. The lowest BCUT2D eigenvalue weighted by Crippen LogP contribution is -2.22. The Morgan fingerprint density at radius 1 is 1.37 bits per heavy atom. The Kier molecular flexibility index (Phi) is 4.20. The summed E-state index contributed by atoms with van der Waals surface area (Å²) >= 11 is 0. The highest BCUT2D eigenvalue weighted by Gasteiger charge is 2.26. The van der Waals surface area contributed by atoms with Gasteiger partial charge in [0.25, 0.3) is 0 Å². The molecule has 19 heavy (non-hydrogen) atoms.